The van der Waals surface area contributed by atoms with Gasteiger partial charge in [0.2, 0.25) is 0 Å². The Labute approximate surface area is 86.4 Å². The Morgan fingerprint density at radius 1 is 0.833 bits per heavy atom. The molecule has 0 aliphatic rings. The third-order valence-electron chi connectivity index (χ3n) is 1.82. The van der Waals surface area contributed by atoms with Gasteiger partial charge in [0.15, 0.2) is 0 Å². The summed E-state index contributed by atoms with van der Waals surface area (Å²) in [4.78, 5) is 0. The van der Waals surface area contributed by atoms with Gasteiger partial charge in [-0.2, -0.15) is 0 Å². The summed E-state index contributed by atoms with van der Waals surface area (Å²) in [6, 6.07) is 0. The summed E-state index contributed by atoms with van der Waals surface area (Å²) < 4.78 is 0. The molecule has 1 aromatic rings. The molecule has 0 spiro atoms. The number of hydrogen-bond acceptors (Lipinski definition) is 1. The van der Waals surface area contributed by atoms with E-state index >= 15 is 0 Å². The molecule has 0 saturated heterocycles. The van der Waals surface area contributed by atoms with Gasteiger partial charge in [-0.25, -0.2) is 0 Å². The first-order valence-corrected chi connectivity index (χ1v) is 4.49. The second-order valence-electron chi connectivity index (χ2n) is 2.61. The molecule has 4 heteroatoms. The van der Waals surface area contributed by atoms with E-state index in [9.17, 15) is 0 Å². The standard InChI is InChI=1S/C8H8Cl3N/c1-3-5(9)4(2)8(12)7(11)6(3)10/h12H2,1-2H3. The SMILES string of the molecule is Cc1c(N)c(Cl)c(Cl)c(C)c1Cl. The molecule has 0 saturated carbocycles. The lowest BCUT2D eigenvalue weighted by atomic mass is 10.1. The van der Waals surface area contributed by atoms with Crippen molar-refractivity contribution in [2.75, 3.05) is 5.73 Å². The van der Waals surface area contributed by atoms with Gasteiger partial charge in [-0.05, 0) is 25.0 Å². The van der Waals surface area contributed by atoms with Crippen LogP contribution in [0.4, 0.5) is 5.69 Å². The highest BCUT2D eigenvalue weighted by atomic mass is 35.5. The maximum atomic E-state index is 5.94. The van der Waals surface area contributed by atoms with Crippen LogP contribution in [0.2, 0.25) is 15.1 Å². The van der Waals surface area contributed by atoms with E-state index in [2.05, 4.69) is 0 Å². The quantitative estimate of drug-likeness (QED) is 0.526. The minimum Gasteiger partial charge on any atom is -0.397 e. The summed E-state index contributed by atoms with van der Waals surface area (Å²) in [6.45, 7) is 3.62. The summed E-state index contributed by atoms with van der Waals surface area (Å²) >= 11 is 17.6. The van der Waals surface area contributed by atoms with Gasteiger partial charge in [-0.1, -0.05) is 34.8 Å². The monoisotopic (exact) mass is 223 g/mol. The first-order chi connectivity index (χ1) is 5.46. The van der Waals surface area contributed by atoms with Crippen LogP contribution in [0.25, 0.3) is 0 Å². The number of rotatable bonds is 0. The molecule has 12 heavy (non-hydrogen) atoms. The van der Waals surface area contributed by atoms with Gasteiger partial charge in [-0.15, -0.1) is 0 Å². The fourth-order valence-electron chi connectivity index (χ4n) is 0.943. The molecule has 0 bridgehead atoms. The predicted molar refractivity (Wildman–Crippen MR) is 55.4 cm³/mol. The largest absolute Gasteiger partial charge is 0.397 e. The molecule has 0 aliphatic heterocycles. The highest BCUT2D eigenvalue weighted by Gasteiger charge is 2.13. The zero-order valence-corrected chi connectivity index (χ0v) is 8.98. The second-order valence-corrected chi connectivity index (χ2v) is 3.74. The highest BCUT2D eigenvalue weighted by Crippen LogP contribution is 2.38. The fraction of sp³-hybridized carbons (Fsp3) is 0.250. The van der Waals surface area contributed by atoms with Crippen LogP contribution in [0.5, 0.6) is 0 Å². The predicted octanol–water partition coefficient (Wildman–Crippen LogP) is 3.85. The van der Waals surface area contributed by atoms with Crippen molar-refractivity contribution in [2.24, 2.45) is 0 Å². The van der Waals surface area contributed by atoms with Gasteiger partial charge < -0.3 is 5.73 Å². The minimum atomic E-state index is 0.385. The molecule has 0 aromatic heterocycles. The van der Waals surface area contributed by atoms with Gasteiger partial charge in [-0.3, -0.25) is 0 Å². The average molecular weight is 225 g/mol. The van der Waals surface area contributed by atoms with Gasteiger partial charge in [0.25, 0.3) is 0 Å². The molecule has 1 aromatic carbocycles. The van der Waals surface area contributed by atoms with E-state index in [1.54, 1.807) is 0 Å². The molecule has 1 rings (SSSR count). The van der Waals surface area contributed by atoms with Crippen LogP contribution in [0.15, 0.2) is 0 Å². The molecule has 2 N–H and O–H groups in total. The average Bonchev–Trinajstić information content (AvgIpc) is 2.08. The number of anilines is 1. The number of halogens is 3. The Morgan fingerprint density at radius 3 is 1.83 bits per heavy atom. The first kappa shape index (κ1) is 9.97. The van der Waals surface area contributed by atoms with Crippen LogP contribution >= 0.6 is 34.8 Å². The molecule has 0 heterocycles. The molecule has 0 radical (unpaired) electrons. The Morgan fingerprint density at radius 2 is 1.33 bits per heavy atom. The zero-order chi connectivity index (χ0) is 9.46. The van der Waals surface area contributed by atoms with Crippen LogP contribution in [-0.2, 0) is 0 Å². The van der Waals surface area contributed by atoms with E-state index in [1.165, 1.54) is 0 Å². The van der Waals surface area contributed by atoms with Gasteiger partial charge in [0, 0.05) is 0 Å². The molecule has 0 fully saturated rings. The first-order valence-electron chi connectivity index (χ1n) is 3.36. The molecule has 0 aliphatic carbocycles. The van der Waals surface area contributed by atoms with Crippen molar-refractivity contribution in [3.8, 4) is 0 Å². The molecular formula is C8H8Cl3N. The summed E-state index contributed by atoms with van der Waals surface area (Å²) in [6.07, 6.45) is 0. The number of benzene rings is 1. The fourth-order valence-corrected chi connectivity index (χ4v) is 1.67. The molecular weight excluding hydrogens is 216 g/mol. The number of hydrogen-bond donors (Lipinski definition) is 1. The highest BCUT2D eigenvalue weighted by molar-refractivity contribution is 6.46. The number of nitrogen functional groups attached to an aromatic ring is 1. The molecule has 0 atom stereocenters. The molecule has 1 nitrogen and oxygen atoms in total. The van der Waals surface area contributed by atoms with E-state index in [1.807, 2.05) is 13.8 Å². The lowest BCUT2D eigenvalue weighted by Gasteiger charge is -2.10. The van der Waals surface area contributed by atoms with Crippen molar-refractivity contribution in [2.45, 2.75) is 13.8 Å². The smallest absolute Gasteiger partial charge is 0.0828 e. The summed E-state index contributed by atoms with van der Waals surface area (Å²) in [5.74, 6) is 0. The summed E-state index contributed by atoms with van der Waals surface area (Å²) in [5.41, 5.74) is 7.66. The summed E-state index contributed by atoms with van der Waals surface area (Å²) in [7, 11) is 0. The van der Waals surface area contributed by atoms with E-state index < -0.39 is 0 Å². The van der Waals surface area contributed by atoms with Gasteiger partial charge >= 0.3 is 0 Å². The molecule has 66 valence electrons. The number of nitrogens with two attached hydrogens (primary N) is 1. The second kappa shape index (κ2) is 3.33. The van der Waals surface area contributed by atoms with Crippen molar-refractivity contribution < 1.29 is 0 Å². The van der Waals surface area contributed by atoms with E-state index in [4.69, 9.17) is 40.5 Å². The Hall–Kier alpha value is -0.110. The Balaban J connectivity index is 3.60. The van der Waals surface area contributed by atoms with Crippen molar-refractivity contribution in [3.05, 3.63) is 26.2 Å². The van der Waals surface area contributed by atoms with Gasteiger partial charge in [0.05, 0.1) is 20.8 Å². The minimum absolute atomic E-state index is 0.385. The van der Waals surface area contributed by atoms with Gasteiger partial charge in [0.1, 0.15) is 0 Å². The van der Waals surface area contributed by atoms with Crippen molar-refractivity contribution in [1.29, 1.82) is 0 Å². The lowest BCUT2D eigenvalue weighted by molar-refractivity contribution is 1.39. The Bertz CT molecular complexity index is 229. The van der Waals surface area contributed by atoms with Crippen molar-refractivity contribution in [3.63, 3.8) is 0 Å². The normalized spacial score (nSPS) is 10.4. The maximum absolute atomic E-state index is 5.94. The molecule has 0 unspecified atom stereocenters. The van der Waals surface area contributed by atoms with Crippen LogP contribution in [0.3, 0.4) is 0 Å². The van der Waals surface area contributed by atoms with E-state index in [0.29, 0.717) is 20.8 Å². The lowest BCUT2D eigenvalue weighted by Crippen LogP contribution is -1.95. The summed E-state index contributed by atoms with van der Waals surface area (Å²) in [5, 5.41) is 1.41. The Kier molecular flexibility index (Phi) is 2.77. The van der Waals surface area contributed by atoms with E-state index in [0.717, 1.165) is 11.1 Å². The van der Waals surface area contributed by atoms with Crippen molar-refractivity contribution in [1.82, 2.24) is 0 Å². The topological polar surface area (TPSA) is 26.0 Å². The third kappa shape index (κ3) is 1.37. The zero-order valence-electron chi connectivity index (χ0n) is 6.71. The van der Waals surface area contributed by atoms with Crippen LogP contribution < -0.4 is 5.73 Å². The van der Waals surface area contributed by atoms with E-state index in [-0.39, 0.29) is 0 Å². The van der Waals surface area contributed by atoms with Crippen LogP contribution in [0, 0.1) is 13.8 Å². The van der Waals surface area contributed by atoms with Crippen LogP contribution in [-0.4, -0.2) is 0 Å². The maximum Gasteiger partial charge on any atom is 0.0828 e. The molecule has 0 amide bonds. The van der Waals surface area contributed by atoms with Crippen LogP contribution in [0.1, 0.15) is 11.1 Å². The van der Waals surface area contributed by atoms with Crippen molar-refractivity contribution >= 4 is 40.5 Å². The third-order valence-corrected chi connectivity index (χ3v) is 3.35.